The number of nitrogens with two attached hydrogens (primary N) is 1. The Morgan fingerprint density at radius 3 is 2.48 bits per heavy atom. The number of aliphatic carboxylic acids is 2. The summed E-state index contributed by atoms with van der Waals surface area (Å²) in [6.07, 6.45) is 0.704. The second-order valence-corrected chi connectivity index (χ2v) is 6.38. The van der Waals surface area contributed by atoms with Crippen LogP contribution in [0.15, 0.2) is 35.3 Å². The number of carbonyl (C=O) groups excluding carboxylic acids is 1. The fraction of sp³-hybridized carbons (Fsp3) is 0.167. The molecule has 1 unspecified atom stereocenters. The Hall–Kier alpha value is -4.55. The van der Waals surface area contributed by atoms with Crippen LogP contribution >= 0.6 is 0 Å². The van der Waals surface area contributed by atoms with Crippen molar-refractivity contribution < 1.29 is 24.6 Å². The molecule has 2 aromatic heterocycles. The molecule has 0 saturated heterocycles. The number of anilines is 2. The van der Waals surface area contributed by atoms with E-state index in [1.54, 1.807) is 12.1 Å². The van der Waals surface area contributed by atoms with E-state index in [0.717, 1.165) is 0 Å². The molecule has 13 heteroatoms. The number of amides is 1. The first-order valence-electron chi connectivity index (χ1n) is 8.83. The lowest BCUT2D eigenvalue weighted by atomic mass is 10.1. The molecule has 1 atom stereocenters. The molecule has 0 aliphatic heterocycles. The Balaban J connectivity index is 1.65. The number of fused-ring (bicyclic) bond motifs is 1. The number of carbonyl (C=O) groups is 3. The molecule has 0 spiro atoms. The fourth-order valence-electron chi connectivity index (χ4n) is 2.60. The summed E-state index contributed by atoms with van der Waals surface area (Å²) >= 11 is 0. The first-order valence-corrected chi connectivity index (χ1v) is 8.83. The van der Waals surface area contributed by atoms with Gasteiger partial charge in [-0.15, -0.1) is 0 Å². The summed E-state index contributed by atoms with van der Waals surface area (Å²) < 4.78 is 0. The summed E-state index contributed by atoms with van der Waals surface area (Å²) in [5, 5.41) is 22.9. The number of nitrogens with one attached hydrogen (secondary N) is 3. The van der Waals surface area contributed by atoms with Gasteiger partial charge in [0.1, 0.15) is 6.04 Å². The minimum atomic E-state index is -1.54. The molecule has 160 valence electrons. The third kappa shape index (κ3) is 5.29. The number of nitrogen functional groups attached to an aromatic ring is 1. The maximum atomic E-state index is 12.2. The van der Waals surface area contributed by atoms with Crippen molar-refractivity contribution in [3.8, 4) is 0 Å². The van der Waals surface area contributed by atoms with E-state index < -0.39 is 35.9 Å². The highest BCUT2D eigenvalue weighted by Crippen LogP contribution is 2.12. The quantitative estimate of drug-likeness (QED) is 0.271. The van der Waals surface area contributed by atoms with E-state index in [-0.39, 0.29) is 29.2 Å². The van der Waals surface area contributed by atoms with E-state index in [1.807, 2.05) is 0 Å². The molecular weight excluding hydrogens is 410 g/mol. The molecule has 0 radical (unpaired) electrons. The standard InChI is InChI=1S/C18H17N7O6/c19-18-24-14-13(16(29)25-18)22-10(7-21-14)6-20-9-3-1-8(2-4-9)15(28)23-11(17(30)31)5-12(26)27/h1-4,7,11,20H,5-6H2,(H,23,28)(H,26,27)(H,30,31)(H3,19,21,24,25,29). The van der Waals surface area contributed by atoms with Crippen LogP contribution in [0.25, 0.3) is 11.2 Å². The van der Waals surface area contributed by atoms with Gasteiger partial charge in [-0.2, -0.15) is 4.98 Å². The number of rotatable bonds is 8. The first-order chi connectivity index (χ1) is 14.7. The fourth-order valence-corrected chi connectivity index (χ4v) is 2.60. The van der Waals surface area contributed by atoms with Crippen molar-refractivity contribution in [3.05, 3.63) is 52.1 Å². The summed E-state index contributed by atoms with van der Waals surface area (Å²) in [6.45, 7) is 0.220. The number of benzene rings is 1. The highest BCUT2D eigenvalue weighted by Gasteiger charge is 2.23. The Labute approximate surface area is 173 Å². The predicted octanol–water partition coefficient (Wildman–Crippen LogP) is -0.435. The number of hydrogen-bond donors (Lipinski definition) is 6. The molecule has 3 rings (SSSR count). The van der Waals surface area contributed by atoms with Gasteiger partial charge in [0, 0.05) is 11.3 Å². The maximum Gasteiger partial charge on any atom is 0.326 e. The SMILES string of the molecule is Nc1nc2ncc(CNc3ccc(C(=O)NC(CC(=O)O)C(=O)O)cc3)nc2c(=O)[nH]1. The van der Waals surface area contributed by atoms with Crippen LogP contribution in [0.1, 0.15) is 22.5 Å². The Bertz CT molecular complexity index is 1210. The average Bonchev–Trinajstić information content (AvgIpc) is 2.71. The summed E-state index contributed by atoms with van der Waals surface area (Å²) in [6, 6.07) is 4.50. The third-order valence-corrected chi connectivity index (χ3v) is 4.09. The molecule has 1 aromatic carbocycles. The molecule has 0 saturated carbocycles. The molecule has 0 aliphatic rings. The third-order valence-electron chi connectivity index (χ3n) is 4.09. The van der Waals surface area contributed by atoms with Gasteiger partial charge in [-0.3, -0.25) is 19.4 Å². The molecule has 7 N–H and O–H groups in total. The smallest absolute Gasteiger partial charge is 0.326 e. The van der Waals surface area contributed by atoms with Gasteiger partial charge >= 0.3 is 11.9 Å². The molecular formula is C18H17N7O6. The van der Waals surface area contributed by atoms with Crippen molar-refractivity contribution >= 4 is 40.6 Å². The number of aromatic nitrogens is 4. The monoisotopic (exact) mass is 427 g/mol. The zero-order valence-corrected chi connectivity index (χ0v) is 15.8. The second-order valence-electron chi connectivity index (χ2n) is 6.38. The van der Waals surface area contributed by atoms with Crippen LogP contribution in [0.2, 0.25) is 0 Å². The number of hydrogen-bond acceptors (Lipinski definition) is 9. The van der Waals surface area contributed by atoms with Crippen molar-refractivity contribution in [3.63, 3.8) is 0 Å². The highest BCUT2D eigenvalue weighted by atomic mass is 16.4. The lowest BCUT2D eigenvalue weighted by Gasteiger charge is -2.13. The van der Waals surface area contributed by atoms with Gasteiger partial charge in [-0.1, -0.05) is 0 Å². The minimum absolute atomic E-state index is 0.0508. The van der Waals surface area contributed by atoms with Crippen molar-refractivity contribution in [2.24, 2.45) is 0 Å². The summed E-state index contributed by atoms with van der Waals surface area (Å²) in [5.74, 6) is -3.56. The second kappa shape index (κ2) is 8.86. The van der Waals surface area contributed by atoms with Crippen LogP contribution in [0.3, 0.4) is 0 Å². The topological polar surface area (TPSA) is 213 Å². The molecule has 3 aromatic rings. The molecule has 13 nitrogen and oxygen atoms in total. The number of H-pyrrole nitrogens is 1. The van der Waals surface area contributed by atoms with Crippen molar-refractivity contribution in [2.75, 3.05) is 11.1 Å². The number of nitrogens with zero attached hydrogens (tertiary/aromatic N) is 3. The summed E-state index contributed by atoms with van der Waals surface area (Å²) in [4.78, 5) is 60.3. The zero-order valence-electron chi connectivity index (χ0n) is 15.8. The molecule has 0 aliphatic carbocycles. The normalized spacial score (nSPS) is 11.6. The van der Waals surface area contributed by atoms with E-state index in [2.05, 4.69) is 30.6 Å². The van der Waals surface area contributed by atoms with E-state index in [1.165, 1.54) is 18.3 Å². The van der Waals surface area contributed by atoms with Crippen molar-refractivity contribution in [1.82, 2.24) is 25.3 Å². The van der Waals surface area contributed by atoms with Crippen LogP contribution in [0, 0.1) is 0 Å². The van der Waals surface area contributed by atoms with Gasteiger partial charge in [0.25, 0.3) is 11.5 Å². The first kappa shape index (κ1) is 21.2. The number of aromatic amines is 1. The molecule has 1 amide bonds. The van der Waals surface area contributed by atoms with Crippen LogP contribution in [-0.4, -0.2) is 54.0 Å². The van der Waals surface area contributed by atoms with E-state index in [4.69, 9.17) is 15.9 Å². The average molecular weight is 427 g/mol. The lowest BCUT2D eigenvalue weighted by Crippen LogP contribution is -2.42. The Kier molecular flexibility index (Phi) is 6.05. The minimum Gasteiger partial charge on any atom is -0.481 e. The van der Waals surface area contributed by atoms with Crippen molar-refractivity contribution in [2.45, 2.75) is 19.0 Å². The number of carboxylic acid groups (broad SMARTS) is 2. The summed E-state index contributed by atoms with van der Waals surface area (Å²) in [5.41, 5.74) is 6.37. The predicted molar refractivity (Wildman–Crippen MR) is 107 cm³/mol. The summed E-state index contributed by atoms with van der Waals surface area (Å²) in [7, 11) is 0. The largest absolute Gasteiger partial charge is 0.481 e. The van der Waals surface area contributed by atoms with E-state index in [0.29, 0.717) is 11.4 Å². The number of carboxylic acids is 2. The molecule has 0 bridgehead atoms. The van der Waals surface area contributed by atoms with Crippen LogP contribution in [-0.2, 0) is 16.1 Å². The van der Waals surface area contributed by atoms with Gasteiger partial charge in [0.05, 0.1) is 24.9 Å². The van der Waals surface area contributed by atoms with Gasteiger partial charge in [0.2, 0.25) is 5.95 Å². The lowest BCUT2D eigenvalue weighted by molar-refractivity contribution is -0.145. The van der Waals surface area contributed by atoms with Gasteiger partial charge < -0.3 is 26.6 Å². The molecule has 31 heavy (non-hydrogen) atoms. The van der Waals surface area contributed by atoms with Gasteiger partial charge in [-0.05, 0) is 24.3 Å². The highest BCUT2D eigenvalue weighted by molar-refractivity contribution is 5.97. The van der Waals surface area contributed by atoms with Crippen LogP contribution < -0.4 is 21.9 Å². The van der Waals surface area contributed by atoms with Crippen LogP contribution in [0.4, 0.5) is 11.6 Å². The van der Waals surface area contributed by atoms with Gasteiger partial charge in [-0.25, -0.2) is 14.8 Å². The molecule has 0 fully saturated rings. The van der Waals surface area contributed by atoms with E-state index >= 15 is 0 Å². The van der Waals surface area contributed by atoms with Crippen LogP contribution in [0.5, 0.6) is 0 Å². The van der Waals surface area contributed by atoms with Crippen molar-refractivity contribution in [1.29, 1.82) is 0 Å². The molecule has 2 heterocycles. The Morgan fingerprint density at radius 2 is 1.84 bits per heavy atom. The Morgan fingerprint density at radius 1 is 1.13 bits per heavy atom. The zero-order chi connectivity index (χ0) is 22.5. The van der Waals surface area contributed by atoms with E-state index in [9.17, 15) is 19.2 Å². The maximum absolute atomic E-state index is 12.2. The van der Waals surface area contributed by atoms with Gasteiger partial charge in [0.15, 0.2) is 11.2 Å².